The smallest absolute Gasteiger partial charge is 0.125 e. The van der Waals surface area contributed by atoms with Crippen molar-refractivity contribution >= 4 is 24.2 Å². The van der Waals surface area contributed by atoms with Gasteiger partial charge in [-0.15, -0.1) is 24.2 Å². The van der Waals surface area contributed by atoms with Gasteiger partial charge in [0.25, 0.3) is 0 Å². The van der Waals surface area contributed by atoms with Gasteiger partial charge in [0.05, 0.1) is 19.8 Å². The van der Waals surface area contributed by atoms with Crippen molar-refractivity contribution in [2.45, 2.75) is 6.42 Å². The highest BCUT2D eigenvalue weighted by atomic mass is 35.5. The summed E-state index contributed by atoms with van der Waals surface area (Å²) in [5.41, 5.74) is 0. The lowest BCUT2D eigenvalue weighted by Gasteiger charge is -2.40. The quantitative estimate of drug-likeness (QED) is 0.681. The summed E-state index contributed by atoms with van der Waals surface area (Å²) < 4.78 is 0.900. The van der Waals surface area contributed by atoms with Gasteiger partial charge >= 0.3 is 0 Å². The van der Waals surface area contributed by atoms with Gasteiger partial charge in [0.15, 0.2) is 0 Å². The molecule has 0 unspecified atom stereocenters. The fraction of sp³-hybridized carbons (Fsp3) is 1.00. The van der Waals surface area contributed by atoms with Crippen molar-refractivity contribution in [1.82, 2.24) is 0 Å². The molecule has 0 bridgehead atoms. The molecule has 1 fully saturated rings. The number of thioether (sulfide) groups is 1. The Balaban J connectivity index is 0.00000144. The molecular weight excluding hydrogens is 210 g/mol. The van der Waals surface area contributed by atoms with Crippen molar-refractivity contribution in [3.63, 3.8) is 0 Å². The molecule has 1 rings (SSSR count). The largest absolute Gasteiger partial charge is 0.391 e. The number of nitrogens with zero attached hydrogens (tertiary/aromatic N) is 1. The Hall–Kier alpha value is 0.520. The van der Waals surface area contributed by atoms with Gasteiger partial charge in [-0.3, -0.25) is 0 Å². The van der Waals surface area contributed by atoms with Crippen LogP contribution in [0.2, 0.25) is 0 Å². The minimum Gasteiger partial charge on any atom is -0.391 e. The predicted molar refractivity (Wildman–Crippen MR) is 58.2 cm³/mol. The number of aliphatic hydroxyl groups is 2. The number of aliphatic hydroxyl groups excluding tert-OH is 2. The molecule has 13 heavy (non-hydrogen) atoms. The maximum Gasteiger partial charge on any atom is 0.125 e. The molecule has 0 saturated carbocycles. The summed E-state index contributed by atoms with van der Waals surface area (Å²) in [5.74, 6) is 2.29. The highest BCUT2D eigenvalue weighted by molar-refractivity contribution is 7.99. The van der Waals surface area contributed by atoms with E-state index in [-0.39, 0.29) is 25.6 Å². The van der Waals surface area contributed by atoms with E-state index < -0.39 is 0 Å². The van der Waals surface area contributed by atoms with E-state index in [1.54, 1.807) is 0 Å². The summed E-state index contributed by atoms with van der Waals surface area (Å²) in [6.07, 6.45) is 1.21. The second-order valence-electron chi connectivity index (χ2n) is 3.35. The molecule has 0 aliphatic carbocycles. The minimum absolute atomic E-state index is 0. The summed E-state index contributed by atoms with van der Waals surface area (Å²) in [7, 11) is 0. The molecule has 0 aromatic rings. The molecule has 80 valence electrons. The number of rotatable bonds is 4. The van der Waals surface area contributed by atoms with Crippen LogP contribution in [0.3, 0.4) is 0 Å². The van der Waals surface area contributed by atoms with E-state index in [2.05, 4.69) is 0 Å². The Morgan fingerprint density at radius 1 is 1.15 bits per heavy atom. The normalized spacial score (nSPS) is 20.8. The van der Waals surface area contributed by atoms with E-state index in [1.807, 2.05) is 11.8 Å². The topological polar surface area (TPSA) is 40.5 Å². The zero-order chi connectivity index (χ0) is 8.86. The van der Waals surface area contributed by atoms with Crippen LogP contribution in [0.5, 0.6) is 0 Å². The lowest BCUT2D eigenvalue weighted by atomic mass is 10.3. The Morgan fingerprint density at radius 3 is 2.15 bits per heavy atom. The fourth-order valence-corrected chi connectivity index (χ4v) is 2.95. The monoisotopic (exact) mass is 228 g/mol. The maximum absolute atomic E-state index is 8.90. The maximum atomic E-state index is 8.90. The molecule has 1 saturated heterocycles. The first kappa shape index (κ1) is 13.5. The van der Waals surface area contributed by atoms with Gasteiger partial charge in [0.1, 0.15) is 19.0 Å². The fourth-order valence-electron chi connectivity index (χ4n) is 1.71. The first-order valence-corrected chi connectivity index (χ1v) is 5.63. The van der Waals surface area contributed by atoms with Crippen LogP contribution in [0.15, 0.2) is 0 Å². The number of hydrogen-bond acceptors (Lipinski definition) is 3. The average molecular weight is 229 g/mol. The lowest BCUT2D eigenvalue weighted by molar-refractivity contribution is -0.918. The summed E-state index contributed by atoms with van der Waals surface area (Å²) >= 11 is 1.93. The van der Waals surface area contributed by atoms with Crippen molar-refractivity contribution in [3.8, 4) is 0 Å². The molecule has 0 aromatic heterocycles. The molecule has 1 heterocycles. The zero-order valence-electron chi connectivity index (χ0n) is 7.81. The first-order valence-electron chi connectivity index (χ1n) is 4.47. The van der Waals surface area contributed by atoms with Gasteiger partial charge in [-0.25, -0.2) is 0 Å². The van der Waals surface area contributed by atoms with Crippen LogP contribution < -0.4 is 0 Å². The van der Waals surface area contributed by atoms with E-state index in [4.69, 9.17) is 10.2 Å². The molecule has 2 N–H and O–H groups in total. The first-order chi connectivity index (χ1) is 5.83. The molecule has 5 heteroatoms. The Morgan fingerprint density at radius 2 is 1.77 bits per heavy atom. The van der Waals surface area contributed by atoms with Crippen LogP contribution in [0, 0.1) is 0 Å². The van der Waals surface area contributed by atoms with Crippen molar-refractivity contribution in [3.05, 3.63) is 0 Å². The minimum atomic E-state index is 0. The molecule has 1 aliphatic heterocycles. The number of hydrogen-bond donors (Lipinski definition) is 2. The molecule has 0 atom stereocenters. The predicted octanol–water partition coefficient (Wildman–Crippen LogP) is 0.304. The molecular formula is C8H19ClNO2S+. The van der Waals surface area contributed by atoms with Gasteiger partial charge < -0.3 is 14.7 Å². The Labute approximate surface area is 90.1 Å². The standard InChI is InChI=1S/C8H18NO2S.ClH/c10-5-3-9(4-6-11)2-1-7-12-8-9;/h10-11H,1-8H2;1H/q+1;. The second kappa shape index (κ2) is 6.90. The van der Waals surface area contributed by atoms with Gasteiger partial charge in [0, 0.05) is 12.2 Å². The highest BCUT2D eigenvalue weighted by Gasteiger charge is 2.28. The molecule has 0 radical (unpaired) electrons. The molecule has 0 spiro atoms. The third-order valence-corrected chi connectivity index (χ3v) is 3.74. The van der Waals surface area contributed by atoms with Crippen LogP contribution in [0.1, 0.15) is 6.42 Å². The van der Waals surface area contributed by atoms with Crippen LogP contribution in [0.4, 0.5) is 0 Å². The molecule has 0 amide bonds. The van der Waals surface area contributed by atoms with Crippen molar-refractivity contribution in [2.24, 2.45) is 0 Å². The van der Waals surface area contributed by atoms with Gasteiger partial charge in [-0.1, -0.05) is 0 Å². The van der Waals surface area contributed by atoms with Crippen molar-refractivity contribution < 1.29 is 14.7 Å². The van der Waals surface area contributed by atoms with Crippen LogP contribution in [0.25, 0.3) is 0 Å². The molecule has 1 aliphatic rings. The van der Waals surface area contributed by atoms with Crippen LogP contribution in [-0.4, -0.2) is 59.2 Å². The third kappa shape index (κ3) is 4.04. The Kier molecular flexibility index (Phi) is 7.17. The lowest BCUT2D eigenvalue weighted by Crippen LogP contribution is -2.53. The summed E-state index contributed by atoms with van der Waals surface area (Å²) in [6, 6.07) is 0. The van der Waals surface area contributed by atoms with Crippen molar-refractivity contribution in [1.29, 1.82) is 0 Å². The SMILES string of the molecule is Cl.OCC[N+]1(CCO)CCCSC1. The van der Waals surface area contributed by atoms with E-state index in [9.17, 15) is 0 Å². The molecule has 3 nitrogen and oxygen atoms in total. The molecule has 0 aromatic carbocycles. The summed E-state index contributed by atoms with van der Waals surface area (Å²) in [6.45, 7) is 3.19. The van der Waals surface area contributed by atoms with E-state index >= 15 is 0 Å². The second-order valence-corrected chi connectivity index (χ2v) is 4.43. The van der Waals surface area contributed by atoms with Crippen LogP contribution in [-0.2, 0) is 0 Å². The van der Waals surface area contributed by atoms with E-state index in [1.165, 1.54) is 12.2 Å². The summed E-state index contributed by atoms with van der Waals surface area (Å²) in [5, 5.41) is 17.8. The average Bonchev–Trinajstić information content (AvgIpc) is 2.07. The van der Waals surface area contributed by atoms with E-state index in [0.717, 1.165) is 30.0 Å². The summed E-state index contributed by atoms with van der Waals surface area (Å²) in [4.78, 5) is 0. The third-order valence-electron chi connectivity index (χ3n) is 2.43. The van der Waals surface area contributed by atoms with Gasteiger partial charge in [-0.2, -0.15) is 0 Å². The van der Waals surface area contributed by atoms with Crippen LogP contribution >= 0.6 is 24.2 Å². The zero-order valence-corrected chi connectivity index (χ0v) is 9.45. The number of quaternary nitrogens is 1. The van der Waals surface area contributed by atoms with Gasteiger partial charge in [0.2, 0.25) is 0 Å². The highest BCUT2D eigenvalue weighted by Crippen LogP contribution is 2.21. The van der Waals surface area contributed by atoms with E-state index in [0.29, 0.717) is 0 Å². The van der Waals surface area contributed by atoms with Crippen molar-refractivity contribution in [2.75, 3.05) is 44.5 Å². The Bertz CT molecular complexity index is 116. The van der Waals surface area contributed by atoms with Gasteiger partial charge in [-0.05, 0) is 0 Å². The number of halogens is 1.